The van der Waals surface area contributed by atoms with Gasteiger partial charge in [-0.25, -0.2) is 9.38 Å². The molecular formula is C27H23BrF3N5O3. The van der Waals surface area contributed by atoms with Crippen LogP contribution in [0.1, 0.15) is 23.9 Å². The summed E-state index contributed by atoms with van der Waals surface area (Å²) >= 11 is 3.41. The Morgan fingerprint density at radius 3 is 2.38 bits per heavy atom. The van der Waals surface area contributed by atoms with E-state index in [1.807, 2.05) is 6.92 Å². The number of aromatic nitrogens is 3. The zero-order chi connectivity index (χ0) is 28.5. The second-order valence-electron chi connectivity index (χ2n) is 8.55. The van der Waals surface area contributed by atoms with Crippen molar-refractivity contribution in [3.63, 3.8) is 0 Å². The zero-order valence-electron chi connectivity index (χ0n) is 20.9. The minimum Gasteiger partial charge on any atom is -0.325 e. The molecular weight excluding hydrogens is 579 g/mol. The van der Waals surface area contributed by atoms with Crippen molar-refractivity contribution < 1.29 is 22.8 Å². The Bertz CT molecular complexity index is 1660. The maximum Gasteiger partial charge on any atom is 0.416 e. The molecule has 12 heteroatoms. The second-order valence-corrected chi connectivity index (χ2v) is 9.30. The van der Waals surface area contributed by atoms with Crippen LogP contribution in [0.5, 0.6) is 0 Å². The van der Waals surface area contributed by atoms with Crippen LogP contribution in [0.3, 0.4) is 0 Å². The molecule has 2 aromatic carbocycles. The molecule has 0 atom stereocenters. The highest BCUT2D eigenvalue weighted by Gasteiger charge is 2.30. The molecule has 0 unspecified atom stereocenters. The SMILES string of the molecule is C=CC(=O)Nc1ccccc1-c1c(CC)n(CC(=O)Nc2ccc(C(F)(F)F)cc2)c2nc(C)c(Br)n2c1=O. The summed E-state index contributed by atoms with van der Waals surface area (Å²) in [7, 11) is 0. The Morgan fingerprint density at radius 1 is 1.10 bits per heavy atom. The molecule has 39 heavy (non-hydrogen) atoms. The van der Waals surface area contributed by atoms with Crippen molar-refractivity contribution in [2.75, 3.05) is 10.6 Å². The lowest BCUT2D eigenvalue weighted by Crippen LogP contribution is -2.28. The summed E-state index contributed by atoms with van der Waals surface area (Å²) in [5.41, 5.74) is 1.000. The van der Waals surface area contributed by atoms with E-state index in [0.717, 1.165) is 18.2 Å². The molecule has 0 saturated heterocycles. The molecule has 2 N–H and O–H groups in total. The Kier molecular flexibility index (Phi) is 7.77. The summed E-state index contributed by atoms with van der Waals surface area (Å²) in [4.78, 5) is 43.5. The maximum atomic E-state index is 13.8. The van der Waals surface area contributed by atoms with Crippen LogP contribution >= 0.6 is 15.9 Å². The summed E-state index contributed by atoms with van der Waals surface area (Å²) in [5.74, 6) is -0.788. The Morgan fingerprint density at radius 2 is 1.77 bits per heavy atom. The Balaban J connectivity index is 1.85. The van der Waals surface area contributed by atoms with Gasteiger partial charge in [0.2, 0.25) is 17.6 Å². The molecule has 2 amide bonds. The van der Waals surface area contributed by atoms with Crippen LogP contribution in [0, 0.1) is 6.92 Å². The quantitative estimate of drug-likeness (QED) is 0.270. The van der Waals surface area contributed by atoms with Crippen LogP contribution in [0.2, 0.25) is 0 Å². The highest BCUT2D eigenvalue weighted by molar-refractivity contribution is 9.10. The summed E-state index contributed by atoms with van der Waals surface area (Å²) in [6.45, 7) is 6.70. The highest BCUT2D eigenvalue weighted by atomic mass is 79.9. The molecule has 0 spiro atoms. The van der Waals surface area contributed by atoms with E-state index >= 15 is 0 Å². The normalized spacial score (nSPS) is 11.4. The van der Waals surface area contributed by atoms with Crippen molar-refractivity contribution in [1.29, 1.82) is 0 Å². The molecule has 8 nitrogen and oxygen atoms in total. The van der Waals surface area contributed by atoms with Crippen molar-refractivity contribution in [3.8, 4) is 11.1 Å². The van der Waals surface area contributed by atoms with Gasteiger partial charge >= 0.3 is 6.18 Å². The van der Waals surface area contributed by atoms with E-state index in [2.05, 4.69) is 38.1 Å². The van der Waals surface area contributed by atoms with Gasteiger partial charge in [-0.2, -0.15) is 13.2 Å². The predicted molar refractivity (Wildman–Crippen MR) is 146 cm³/mol. The number of amides is 2. The van der Waals surface area contributed by atoms with E-state index in [9.17, 15) is 27.6 Å². The van der Waals surface area contributed by atoms with Crippen LogP contribution in [0.4, 0.5) is 24.5 Å². The number of hydrogen-bond acceptors (Lipinski definition) is 4. The Labute approximate surface area is 229 Å². The van der Waals surface area contributed by atoms with Gasteiger partial charge in [-0.3, -0.25) is 14.4 Å². The number of anilines is 2. The number of aryl methyl sites for hydroxylation is 1. The predicted octanol–water partition coefficient (Wildman–Crippen LogP) is 5.58. The zero-order valence-corrected chi connectivity index (χ0v) is 22.5. The number of nitrogens with one attached hydrogen (secondary N) is 2. The van der Waals surface area contributed by atoms with Gasteiger partial charge < -0.3 is 15.2 Å². The molecule has 202 valence electrons. The lowest BCUT2D eigenvalue weighted by Gasteiger charge is -2.20. The molecule has 0 radical (unpaired) electrons. The van der Waals surface area contributed by atoms with Crippen LogP contribution in [0.25, 0.3) is 16.9 Å². The van der Waals surface area contributed by atoms with Crippen LogP contribution in [-0.2, 0) is 28.7 Å². The van der Waals surface area contributed by atoms with Gasteiger partial charge in [0.25, 0.3) is 5.56 Å². The first kappa shape index (κ1) is 27.8. The van der Waals surface area contributed by atoms with Crippen molar-refractivity contribution in [2.24, 2.45) is 0 Å². The molecule has 0 fully saturated rings. The second kappa shape index (κ2) is 10.9. The van der Waals surface area contributed by atoms with Crippen molar-refractivity contribution in [3.05, 3.63) is 93.1 Å². The minimum absolute atomic E-state index is 0.182. The number of halogens is 4. The van der Waals surface area contributed by atoms with E-state index in [-0.39, 0.29) is 23.6 Å². The third-order valence-electron chi connectivity index (χ3n) is 6.01. The topological polar surface area (TPSA) is 97.5 Å². The van der Waals surface area contributed by atoms with Gasteiger partial charge in [-0.15, -0.1) is 0 Å². The van der Waals surface area contributed by atoms with Gasteiger partial charge in [0, 0.05) is 22.6 Å². The summed E-state index contributed by atoms with van der Waals surface area (Å²) < 4.78 is 42.0. The first-order valence-electron chi connectivity index (χ1n) is 11.8. The van der Waals surface area contributed by atoms with Gasteiger partial charge in [0.05, 0.1) is 16.8 Å². The van der Waals surface area contributed by atoms with Crippen LogP contribution in [-0.4, -0.2) is 25.8 Å². The van der Waals surface area contributed by atoms with Crippen LogP contribution in [0.15, 0.2) is 70.6 Å². The fourth-order valence-electron chi connectivity index (χ4n) is 4.23. The van der Waals surface area contributed by atoms with Gasteiger partial charge in [0.15, 0.2) is 0 Å². The summed E-state index contributed by atoms with van der Waals surface area (Å²) in [6, 6.07) is 10.9. The van der Waals surface area contributed by atoms with E-state index < -0.39 is 29.1 Å². The molecule has 2 heterocycles. The summed E-state index contributed by atoms with van der Waals surface area (Å²) in [5, 5.41) is 5.32. The van der Waals surface area contributed by atoms with Crippen molar-refractivity contribution >= 4 is 44.9 Å². The highest BCUT2D eigenvalue weighted by Crippen LogP contribution is 2.32. The van der Waals surface area contributed by atoms with E-state index in [1.54, 1.807) is 35.8 Å². The monoisotopic (exact) mass is 601 g/mol. The third kappa shape index (κ3) is 5.51. The molecule has 0 aliphatic rings. The van der Waals surface area contributed by atoms with Crippen LogP contribution < -0.4 is 16.2 Å². The lowest BCUT2D eigenvalue weighted by atomic mass is 10.0. The number of carbonyl (C=O) groups is 2. The number of imidazole rings is 1. The fraction of sp³-hybridized carbons (Fsp3) is 0.185. The number of nitrogens with zero attached hydrogens (tertiary/aromatic N) is 3. The van der Waals surface area contributed by atoms with E-state index in [0.29, 0.717) is 33.7 Å². The van der Waals surface area contributed by atoms with Crippen molar-refractivity contribution in [2.45, 2.75) is 33.0 Å². The number of alkyl halides is 3. The number of fused-ring (bicyclic) bond motifs is 1. The third-order valence-corrected chi connectivity index (χ3v) is 6.94. The first-order chi connectivity index (χ1) is 18.5. The smallest absolute Gasteiger partial charge is 0.325 e. The average molecular weight is 602 g/mol. The molecule has 0 saturated carbocycles. The van der Waals surface area contributed by atoms with Crippen molar-refractivity contribution in [1.82, 2.24) is 14.0 Å². The molecule has 0 aliphatic carbocycles. The number of benzene rings is 2. The number of carbonyl (C=O) groups excluding carboxylic acids is 2. The number of hydrogen-bond donors (Lipinski definition) is 2. The number of para-hydroxylation sites is 1. The molecule has 0 aliphatic heterocycles. The Hall–Kier alpha value is -4.19. The molecule has 2 aromatic heterocycles. The fourth-order valence-corrected chi connectivity index (χ4v) is 4.64. The standard InChI is InChI=1S/C27H23BrF3N5O3/c1-4-20-23(18-8-6-7-9-19(18)34-21(37)5-2)25(39)36-24(28)15(3)32-26(36)35(20)14-22(38)33-17-12-10-16(11-13-17)27(29,30)31/h5-13H,2,4,14H2,1,3H3,(H,33,38)(H,34,37). The van der Waals surface area contributed by atoms with Gasteiger partial charge in [0.1, 0.15) is 11.1 Å². The van der Waals surface area contributed by atoms with Gasteiger partial charge in [-0.05, 0) is 65.7 Å². The molecule has 4 aromatic rings. The van der Waals surface area contributed by atoms with E-state index in [1.165, 1.54) is 16.5 Å². The molecule has 4 rings (SSSR count). The maximum absolute atomic E-state index is 13.8. The van der Waals surface area contributed by atoms with Gasteiger partial charge in [-0.1, -0.05) is 31.7 Å². The molecule has 0 bridgehead atoms. The largest absolute Gasteiger partial charge is 0.416 e. The minimum atomic E-state index is -4.50. The summed E-state index contributed by atoms with van der Waals surface area (Å²) in [6.07, 6.45) is -3.06. The first-order valence-corrected chi connectivity index (χ1v) is 12.6. The number of rotatable bonds is 7. The average Bonchev–Trinajstić information content (AvgIpc) is 3.20. The van der Waals surface area contributed by atoms with E-state index in [4.69, 9.17) is 0 Å². The lowest BCUT2D eigenvalue weighted by molar-refractivity contribution is -0.137.